The molecule has 0 fully saturated rings. The molecule has 0 nitrogen and oxygen atoms in total. The molecule has 0 bridgehead atoms. The quantitative estimate of drug-likeness (QED) is 0.590. The van der Waals surface area contributed by atoms with Crippen molar-refractivity contribution in [3.8, 4) is 0 Å². The average molecular weight is 218 g/mol. The Bertz CT molecular complexity index is 309. The highest BCUT2D eigenvalue weighted by molar-refractivity contribution is 5.40. The Morgan fingerprint density at radius 1 is 1.06 bits per heavy atom. The van der Waals surface area contributed by atoms with Gasteiger partial charge in [-0.15, -0.1) is 13.2 Å². The zero-order valence-electron chi connectivity index (χ0n) is 11.4. The topological polar surface area (TPSA) is 0 Å². The summed E-state index contributed by atoms with van der Waals surface area (Å²) in [5, 5.41) is 0. The van der Waals surface area contributed by atoms with Crippen LogP contribution in [-0.2, 0) is 19.3 Å². The SMILES string of the molecule is C=C.CC.CCc1cc2c(cc1C)CCC2. The fourth-order valence-corrected chi connectivity index (χ4v) is 2.18. The molecule has 0 atom stereocenters. The first kappa shape index (κ1) is 15.0. The van der Waals surface area contributed by atoms with Crippen LogP contribution in [0.15, 0.2) is 25.3 Å². The standard InChI is InChI=1S/C12H16.C2H6.C2H4/c1-3-10-8-12-6-4-5-11(12)7-9(10)2;2*1-2/h7-8H,3-6H2,1-2H3;1-2H3;1-2H2. The molecule has 2 rings (SSSR count). The van der Waals surface area contributed by atoms with Crippen molar-refractivity contribution in [1.82, 2.24) is 0 Å². The van der Waals surface area contributed by atoms with E-state index in [1.54, 1.807) is 11.1 Å². The Balaban J connectivity index is 0.000000509. The van der Waals surface area contributed by atoms with Crippen molar-refractivity contribution < 1.29 is 0 Å². The lowest BCUT2D eigenvalue weighted by molar-refractivity contribution is 0.911. The van der Waals surface area contributed by atoms with Gasteiger partial charge in [-0.2, -0.15) is 0 Å². The molecule has 16 heavy (non-hydrogen) atoms. The summed E-state index contributed by atoms with van der Waals surface area (Å²) in [7, 11) is 0. The van der Waals surface area contributed by atoms with Crippen LogP contribution in [0.2, 0.25) is 0 Å². The van der Waals surface area contributed by atoms with Crippen LogP contribution in [0.25, 0.3) is 0 Å². The molecule has 1 aliphatic carbocycles. The summed E-state index contributed by atoms with van der Waals surface area (Å²) < 4.78 is 0. The van der Waals surface area contributed by atoms with Gasteiger partial charge in [-0.1, -0.05) is 32.9 Å². The predicted octanol–water partition coefficient (Wildman–Crippen LogP) is 4.87. The van der Waals surface area contributed by atoms with E-state index in [1.807, 2.05) is 13.8 Å². The van der Waals surface area contributed by atoms with Gasteiger partial charge in [0.1, 0.15) is 0 Å². The molecule has 1 aromatic carbocycles. The van der Waals surface area contributed by atoms with Crippen LogP contribution in [0.4, 0.5) is 0 Å². The summed E-state index contributed by atoms with van der Waals surface area (Å²) in [5.74, 6) is 0. The van der Waals surface area contributed by atoms with E-state index in [0.717, 1.165) is 0 Å². The Morgan fingerprint density at radius 3 is 2.06 bits per heavy atom. The Hall–Kier alpha value is -1.04. The molecule has 0 amide bonds. The number of benzene rings is 1. The molecule has 0 saturated heterocycles. The van der Waals surface area contributed by atoms with E-state index in [2.05, 4.69) is 39.1 Å². The highest BCUT2D eigenvalue weighted by Crippen LogP contribution is 2.25. The fraction of sp³-hybridized carbons (Fsp3) is 0.500. The highest BCUT2D eigenvalue weighted by Gasteiger charge is 2.11. The maximum absolute atomic E-state index is 3.00. The van der Waals surface area contributed by atoms with Crippen LogP contribution in [0, 0.1) is 6.92 Å². The normalized spacial score (nSPS) is 11.8. The lowest BCUT2D eigenvalue weighted by Gasteiger charge is -2.06. The zero-order valence-corrected chi connectivity index (χ0v) is 11.4. The number of fused-ring (bicyclic) bond motifs is 1. The predicted molar refractivity (Wildman–Crippen MR) is 75.2 cm³/mol. The van der Waals surface area contributed by atoms with Crippen LogP contribution in [-0.4, -0.2) is 0 Å². The maximum atomic E-state index is 3.00. The summed E-state index contributed by atoms with van der Waals surface area (Å²) in [6.45, 7) is 14.5. The number of aryl methyl sites for hydroxylation is 4. The van der Waals surface area contributed by atoms with Crippen LogP contribution in [0.5, 0.6) is 0 Å². The third-order valence-corrected chi connectivity index (χ3v) is 2.93. The zero-order chi connectivity index (χ0) is 12.6. The summed E-state index contributed by atoms with van der Waals surface area (Å²) >= 11 is 0. The van der Waals surface area contributed by atoms with Gasteiger partial charge in [0.25, 0.3) is 0 Å². The molecule has 90 valence electrons. The first-order chi connectivity index (χ1) is 7.81. The number of hydrogen-bond acceptors (Lipinski definition) is 0. The van der Waals surface area contributed by atoms with Gasteiger partial charge in [0, 0.05) is 0 Å². The van der Waals surface area contributed by atoms with Gasteiger partial charge in [-0.3, -0.25) is 0 Å². The second-order valence-electron chi connectivity index (χ2n) is 3.75. The smallest absolute Gasteiger partial charge is 0.0273 e. The molecule has 0 aliphatic heterocycles. The van der Waals surface area contributed by atoms with Gasteiger partial charge < -0.3 is 0 Å². The first-order valence-electron chi connectivity index (χ1n) is 6.42. The molecule has 1 aliphatic rings. The molecule has 0 saturated carbocycles. The Kier molecular flexibility index (Phi) is 7.62. The van der Waals surface area contributed by atoms with Crippen LogP contribution >= 0.6 is 0 Å². The molecule has 1 aromatic rings. The maximum Gasteiger partial charge on any atom is -0.0273 e. The summed E-state index contributed by atoms with van der Waals surface area (Å²) in [6.07, 6.45) is 5.16. The van der Waals surface area contributed by atoms with Gasteiger partial charge in [0.05, 0.1) is 0 Å². The monoisotopic (exact) mass is 218 g/mol. The molecule has 0 heteroatoms. The molecular formula is C16H26. The van der Waals surface area contributed by atoms with Crippen molar-refractivity contribution in [3.05, 3.63) is 47.5 Å². The van der Waals surface area contributed by atoms with Crippen LogP contribution in [0.3, 0.4) is 0 Å². The van der Waals surface area contributed by atoms with Crippen LogP contribution in [0.1, 0.15) is 49.4 Å². The first-order valence-corrected chi connectivity index (χ1v) is 6.42. The van der Waals surface area contributed by atoms with Crippen molar-refractivity contribution in [2.45, 2.75) is 53.4 Å². The molecule has 0 unspecified atom stereocenters. The van der Waals surface area contributed by atoms with Gasteiger partial charge in [-0.25, -0.2) is 0 Å². The minimum atomic E-state index is 1.18. The van der Waals surface area contributed by atoms with Gasteiger partial charge in [0.15, 0.2) is 0 Å². The van der Waals surface area contributed by atoms with E-state index in [4.69, 9.17) is 0 Å². The number of rotatable bonds is 1. The Morgan fingerprint density at radius 2 is 1.56 bits per heavy atom. The van der Waals surface area contributed by atoms with Crippen molar-refractivity contribution >= 4 is 0 Å². The van der Waals surface area contributed by atoms with Gasteiger partial charge >= 0.3 is 0 Å². The van der Waals surface area contributed by atoms with Gasteiger partial charge in [0.2, 0.25) is 0 Å². The minimum Gasteiger partial charge on any atom is -0.106 e. The minimum absolute atomic E-state index is 1.18. The number of hydrogen-bond donors (Lipinski definition) is 0. The second-order valence-corrected chi connectivity index (χ2v) is 3.75. The molecule has 0 heterocycles. The van der Waals surface area contributed by atoms with Crippen molar-refractivity contribution in [1.29, 1.82) is 0 Å². The van der Waals surface area contributed by atoms with Crippen molar-refractivity contribution in [2.24, 2.45) is 0 Å². The average Bonchev–Trinajstić information content (AvgIpc) is 2.80. The molecular weight excluding hydrogens is 192 g/mol. The van der Waals surface area contributed by atoms with Crippen LogP contribution < -0.4 is 0 Å². The van der Waals surface area contributed by atoms with E-state index < -0.39 is 0 Å². The van der Waals surface area contributed by atoms with E-state index in [1.165, 1.54) is 36.8 Å². The molecule has 0 N–H and O–H groups in total. The van der Waals surface area contributed by atoms with Gasteiger partial charge in [-0.05, 0) is 54.9 Å². The van der Waals surface area contributed by atoms with E-state index >= 15 is 0 Å². The lowest BCUT2D eigenvalue weighted by Crippen LogP contribution is -1.91. The highest BCUT2D eigenvalue weighted by atomic mass is 14.2. The Labute approximate surface area is 101 Å². The summed E-state index contributed by atoms with van der Waals surface area (Å²) in [5.41, 5.74) is 6.23. The molecule has 0 radical (unpaired) electrons. The third kappa shape index (κ3) is 3.52. The second kappa shape index (κ2) is 8.15. The summed E-state index contributed by atoms with van der Waals surface area (Å²) in [6, 6.07) is 4.80. The molecule has 0 aromatic heterocycles. The molecule has 0 spiro atoms. The third-order valence-electron chi connectivity index (χ3n) is 2.93. The van der Waals surface area contributed by atoms with E-state index in [0.29, 0.717) is 0 Å². The fourth-order valence-electron chi connectivity index (χ4n) is 2.18. The lowest BCUT2D eigenvalue weighted by atomic mass is 9.99. The van der Waals surface area contributed by atoms with Crippen molar-refractivity contribution in [3.63, 3.8) is 0 Å². The van der Waals surface area contributed by atoms with Crippen molar-refractivity contribution in [2.75, 3.05) is 0 Å². The van der Waals surface area contributed by atoms with E-state index in [-0.39, 0.29) is 0 Å². The summed E-state index contributed by atoms with van der Waals surface area (Å²) in [4.78, 5) is 0. The largest absolute Gasteiger partial charge is 0.106 e. The van der Waals surface area contributed by atoms with E-state index in [9.17, 15) is 0 Å².